The predicted octanol–water partition coefficient (Wildman–Crippen LogP) is 2.12. The first-order valence-corrected chi connectivity index (χ1v) is 5.57. The Morgan fingerprint density at radius 1 is 0.684 bits per heavy atom. The monoisotopic (exact) mass is 258 g/mol. The molecule has 1 heterocycles. The highest BCUT2D eigenvalue weighted by atomic mass is 15.4. The lowest BCUT2D eigenvalue weighted by atomic mass is 10.6. The van der Waals surface area contributed by atoms with Crippen LogP contribution >= 0.6 is 0 Å². The third-order valence-corrected chi connectivity index (χ3v) is 2.40. The van der Waals surface area contributed by atoms with Gasteiger partial charge in [0.1, 0.15) is 0 Å². The standard InChI is InChI=1S/C13H18N6/c1-7-17(5)11-14-12(18(6)8-2)16-13(15-11)19(9-3)10-4/h7-10H,1-4H2,5-6H3. The Bertz CT molecular complexity index is 456. The van der Waals surface area contributed by atoms with Gasteiger partial charge >= 0.3 is 0 Å². The maximum absolute atomic E-state index is 4.32. The van der Waals surface area contributed by atoms with Crippen LogP contribution in [0, 0.1) is 0 Å². The third kappa shape index (κ3) is 3.19. The first kappa shape index (κ1) is 14.4. The number of anilines is 3. The zero-order valence-corrected chi connectivity index (χ0v) is 11.3. The van der Waals surface area contributed by atoms with Crippen molar-refractivity contribution < 1.29 is 0 Å². The minimum atomic E-state index is 0.424. The predicted molar refractivity (Wildman–Crippen MR) is 79.9 cm³/mol. The van der Waals surface area contributed by atoms with Gasteiger partial charge in [-0.25, -0.2) is 0 Å². The molecule has 19 heavy (non-hydrogen) atoms. The van der Waals surface area contributed by atoms with Crippen molar-refractivity contribution in [2.24, 2.45) is 0 Å². The summed E-state index contributed by atoms with van der Waals surface area (Å²) in [7, 11) is 3.60. The van der Waals surface area contributed by atoms with E-state index in [1.54, 1.807) is 53.6 Å². The van der Waals surface area contributed by atoms with Gasteiger partial charge in [-0.05, 0) is 12.4 Å². The van der Waals surface area contributed by atoms with Gasteiger partial charge in [0.25, 0.3) is 0 Å². The molecule has 0 aliphatic carbocycles. The third-order valence-electron chi connectivity index (χ3n) is 2.40. The highest BCUT2D eigenvalue weighted by Gasteiger charge is 2.13. The molecule has 0 bridgehead atoms. The molecule has 1 rings (SSSR count). The Hall–Kier alpha value is -2.63. The summed E-state index contributed by atoms with van der Waals surface area (Å²) in [5, 5.41) is 0. The summed E-state index contributed by atoms with van der Waals surface area (Å²) >= 11 is 0. The van der Waals surface area contributed by atoms with Crippen molar-refractivity contribution >= 4 is 17.8 Å². The van der Waals surface area contributed by atoms with Crippen molar-refractivity contribution in [2.45, 2.75) is 0 Å². The van der Waals surface area contributed by atoms with Crippen LogP contribution in [-0.2, 0) is 0 Å². The van der Waals surface area contributed by atoms with Gasteiger partial charge in [-0.15, -0.1) is 0 Å². The van der Waals surface area contributed by atoms with Crippen molar-refractivity contribution in [3.8, 4) is 0 Å². The van der Waals surface area contributed by atoms with Crippen LogP contribution in [0.4, 0.5) is 17.8 Å². The second kappa shape index (κ2) is 6.34. The summed E-state index contributed by atoms with van der Waals surface area (Å²) in [5.41, 5.74) is 0. The molecule has 0 saturated heterocycles. The van der Waals surface area contributed by atoms with Crippen molar-refractivity contribution in [3.63, 3.8) is 0 Å². The number of nitrogens with zero attached hydrogens (tertiary/aromatic N) is 6. The molecule has 0 spiro atoms. The average molecular weight is 258 g/mol. The molecule has 0 saturated carbocycles. The molecule has 0 aliphatic heterocycles. The Morgan fingerprint density at radius 2 is 1.05 bits per heavy atom. The van der Waals surface area contributed by atoms with E-state index in [-0.39, 0.29) is 0 Å². The molecule has 0 N–H and O–H groups in total. The van der Waals surface area contributed by atoms with Gasteiger partial charge in [0.15, 0.2) is 0 Å². The SMILES string of the molecule is C=CN(C)c1nc(N(C)C=C)nc(N(C=C)C=C)n1. The maximum Gasteiger partial charge on any atom is 0.240 e. The van der Waals surface area contributed by atoms with Gasteiger partial charge in [0.05, 0.1) is 0 Å². The molecule has 1 aromatic rings. The van der Waals surface area contributed by atoms with Gasteiger partial charge in [-0.1, -0.05) is 26.3 Å². The molecule has 0 radical (unpaired) electrons. The number of hydrogen-bond acceptors (Lipinski definition) is 6. The fourth-order valence-electron chi connectivity index (χ4n) is 1.18. The summed E-state index contributed by atoms with van der Waals surface area (Å²) < 4.78 is 0. The molecule has 0 fully saturated rings. The lowest BCUT2D eigenvalue weighted by molar-refractivity contribution is 0.931. The van der Waals surface area contributed by atoms with Crippen LogP contribution in [0.3, 0.4) is 0 Å². The van der Waals surface area contributed by atoms with Crippen LogP contribution in [0.5, 0.6) is 0 Å². The normalized spacial score (nSPS) is 9.37. The summed E-state index contributed by atoms with van der Waals surface area (Å²) in [5.74, 6) is 1.36. The first-order chi connectivity index (χ1) is 9.07. The second-order valence-corrected chi connectivity index (χ2v) is 3.59. The van der Waals surface area contributed by atoms with E-state index in [1.165, 1.54) is 0 Å². The van der Waals surface area contributed by atoms with Gasteiger partial charge in [0, 0.05) is 26.5 Å². The number of rotatable bonds is 7. The van der Waals surface area contributed by atoms with E-state index in [0.29, 0.717) is 17.8 Å². The first-order valence-electron chi connectivity index (χ1n) is 5.57. The Morgan fingerprint density at radius 3 is 1.37 bits per heavy atom. The molecule has 1 aromatic heterocycles. The van der Waals surface area contributed by atoms with Gasteiger partial charge in [-0.2, -0.15) is 15.0 Å². The van der Waals surface area contributed by atoms with Crippen molar-refractivity contribution in [1.29, 1.82) is 0 Å². The van der Waals surface area contributed by atoms with E-state index >= 15 is 0 Å². The zero-order valence-electron chi connectivity index (χ0n) is 11.3. The van der Waals surface area contributed by atoms with E-state index in [2.05, 4.69) is 41.3 Å². The van der Waals surface area contributed by atoms with Crippen LogP contribution in [-0.4, -0.2) is 29.0 Å². The van der Waals surface area contributed by atoms with Gasteiger partial charge in [-0.3, -0.25) is 4.90 Å². The largest absolute Gasteiger partial charge is 0.321 e. The molecule has 0 amide bonds. The summed E-state index contributed by atoms with van der Waals surface area (Å²) in [6.07, 6.45) is 6.36. The zero-order chi connectivity index (χ0) is 14.4. The Balaban J connectivity index is 3.38. The van der Waals surface area contributed by atoms with Crippen LogP contribution in [0.2, 0.25) is 0 Å². The summed E-state index contributed by atoms with van der Waals surface area (Å²) in [6.45, 7) is 14.7. The smallest absolute Gasteiger partial charge is 0.240 e. The number of hydrogen-bond donors (Lipinski definition) is 0. The van der Waals surface area contributed by atoms with E-state index < -0.39 is 0 Å². The van der Waals surface area contributed by atoms with Crippen LogP contribution in [0.25, 0.3) is 0 Å². The quantitative estimate of drug-likeness (QED) is 0.746. The lowest BCUT2D eigenvalue weighted by Crippen LogP contribution is -2.20. The van der Waals surface area contributed by atoms with Crippen molar-refractivity contribution in [3.05, 3.63) is 51.1 Å². The van der Waals surface area contributed by atoms with Crippen LogP contribution < -0.4 is 14.7 Å². The molecule has 0 atom stereocenters. The minimum absolute atomic E-state index is 0.424. The molecular formula is C13H18N6. The molecule has 6 nitrogen and oxygen atoms in total. The lowest BCUT2D eigenvalue weighted by Gasteiger charge is -2.19. The second-order valence-electron chi connectivity index (χ2n) is 3.59. The maximum atomic E-state index is 4.32. The minimum Gasteiger partial charge on any atom is -0.321 e. The fraction of sp³-hybridized carbons (Fsp3) is 0.154. The fourth-order valence-corrected chi connectivity index (χ4v) is 1.18. The van der Waals surface area contributed by atoms with Gasteiger partial charge in [0.2, 0.25) is 17.8 Å². The molecule has 100 valence electrons. The van der Waals surface area contributed by atoms with Crippen molar-refractivity contribution in [1.82, 2.24) is 15.0 Å². The van der Waals surface area contributed by atoms with E-state index in [9.17, 15) is 0 Å². The molecule has 0 aromatic carbocycles. The van der Waals surface area contributed by atoms with Crippen molar-refractivity contribution in [2.75, 3.05) is 28.8 Å². The molecule has 0 aliphatic rings. The van der Waals surface area contributed by atoms with Gasteiger partial charge < -0.3 is 9.80 Å². The van der Waals surface area contributed by atoms with E-state index in [0.717, 1.165) is 0 Å². The average Bonchev–Trinajstić information content (AvgIpc) is 2.46. The van der Waals surface area contributed by atoms with Crippen LogP contribution in [0.15, 0.2) is 51.1 Å². The Kier molecular flexibility index (Phi) is 4.82. The topological polar surface area (TPSA) is 48.4 Å². The van der Waals surface area contributed by atoms with E-state index in [1.807, 2.05) is 0 Å². The van der Waals surface area contributed by atoms with E-state index in [4.69, 9.17) is 0 Å². The molecular weight excluding hydrogens is 240 g/mol. The highest BCUT2D eigenvalue weighted by Crippen LogP contribution is 2.18. The van der Waals surface area contributed by atoms with Crippen LogP contribution in [0.1, 0.15) is 0 Å². The molecule has 6 heteroatoms. The highest BCUT2D eigenvalue weighted by molar-refractivity contribution is 5.50. The Labute approximate surface area is 113 Å². The molecule has 0 unspecified atom stereocenters. The number of aromatic nitrogens is 3. The summed E-state index contributed by atoms with van der Waals surface area (Å²) in [6, 6.07) is 0. The summed E-state index contributed by atoms with van der Waals surface area (Å²) in [4.78, 5) is 17.9.